The molecule has 0 aromatic rings. The van der Waals surface area contributed by atoms with Crippen LogP contribution in [0.5, 0.6) is 0 Å². The van der Waals surface area contributed by atoms with Gasteiger partial charge in [0.05, 0.1) is 0 Å². The molecular formula is C13H25P. The van der Waals surface area contributed by atoms with Crippen molar-refractivity contribution in [3.63, 3.8) is 0 Å². The fourth-order valence-corrected chi connectivity index (χ4v) is 5.20. The van der Waals surface area contributed by atoms with Crippen LogP contribution in [0.25, 0.3) is 0 Å². The first-order chi connectivity index (χ1) is 6.95. The van der Waals surface area contributed by atoms with E-state index in [-0.39, 0.29) is 0 Å². The van der Waals surface area contributed by atoms with Crippen LogP contribution >= 0.6 is 8.58 Å². The van der Waals surface area contributed by atoms with Gasteiger partial charge in [-0.15, -0.1) is 8.58 Å². The Bertz CT molecular complexity index is 141. The Morgan fingerprint density at radius 1 is 0.500 bits per heavy atom. The summed E-state index contributed by atoms with van der Waals surface area (Å²) in [5.74, 6) is 0. The second-order valence-electron chi connectivity index (χ2n) is 5.19. The summed E-state index contributed by atoms with van der Waals surface area (Å²) in [6, 6.07) is 0. The molecule has 0 bridgehead atoms. The zero-order valence-electron chi connectivity index (χ0n) is 9.43. The molecule has 2 aliphatic rings. The Kier molecular flexibility index (Phi) is 4.77. The molecule has 0 aliphatic heterocycles. The van der Waals surface area contributed by atoms with Gasteiger partial charge in [0.1, 0.15) is 0 Å². The molecule has 0 N–H and O–H groups in total. The van der Waals surface area contributed by atoms with Crippen LogP contribution in [0.4, 0.5) is 0 Å². The first kappa shape index (κ1) is 10.9. The largest absolute Gasteiger partial charge is 0.116 e. The molecule has 0 saturated heterocycles. The van der Waals surface area contributed by atoms with Gasteiger partial charge in [-0.25, -0.2) is 0 Å². The van der Waals surface area contributed by atoms with Crippen molar-refractivity contribution in [2.75, 3.05) is 0 Å². The molecule has 1 atom stereocenters. The van der Waals surface area contributed by atoms with Gasteiger partial charge in [-0.2, -0.15) is 0 Å². The molecule has 0 aromatic heterocycles. The molecule has 0 amide bonds. The lowest BCUT2D eigenvalue weighted by atomic mass is 10.0. The zero-order chi connectivity index (χ0) is 9.64. The van der Waals surface area contributed by atoms with Crippen molar-refractivity contribution in [3.8, 4) is 0 Å². The monoisotopic (exact) mass is 212 g/mol. The molecular weight excluding hydrogens is 187 g/mol. The highest BCUT2D eigenvalue weighted by molar-refractivity contribution is 7.39. The van der Waals surface area contributed by atoms with E-state index in [1.165, 1.54) is 53.5 Å². The fraction of sp³-hybridized carbons (Fsp3) is 1.00. The van der Waals surface area contributed by atoms with Gasteiger partial charge < -0.3 is 0 Å². The van der Waals surface area contributed by atoms with E-state index in [4.69, 9.17) is 0 Å². The van der Waals surface area contributed by atoms with Crippen molar-refractivity contribution < 1.29 is 0 Å². The number of hydrogen-bond acceptors (Lipinski definition) is 0. The molecule has 2 saturated carbocycles. The highest BCUT2D eigenvalue weighted by atomic mass is 31.1. The normalized spacial score (nSPS) is 28.3. The number of rotatable bonds is 2. The molecule has 1 heteroatoms. The van der Waals surface area contributed by atoms with Gasteiger partial charge in [0.2, 0.25) is 0 Å². The number of hydrogen-bond donors (Lipinski definition) is 0. The Hall–Kier alpha value is 0.430. The Balaban J connectivity index is 1.70. The smallest absolute Gasteiger partial charge is 0.0234 e. The first-order valence-electron chi connectivity index (χ1n) is 6.71. The fourth-order valence-electron chi connectivity index (χ4n) is 3.05. The summed E-state index contributed by atoms with van der Waals surface area (Å²) in [7, 11) is 1.33. The van der Waals surface area contributed by atoms with Crippen molar-refractivity contribution in [2.24, 2.45) is 0 Å². The molecule has 14 heavy (non-hydrogen) atoms. The van der Waals surface area contributed by atoms with Crippen molar-refractivity contribution >= 4 is 8.58 Å². The average Bonchev–Trinajstić information content (AvgIpc) is 2.62. The lowest BCUT2D eigenvalue weighted by Crippen LogP contribution is -2.08. The Morgan fingerprint density at radius 2 is 0.857 bits per heavy atom. The van der Waals surface area contributed by atoms with Crippen LogP contribution in [-0.2, 0) is 0 Å². The van der Waals surface area contributed by atoms with E-state index in [1.54, 1.807) is 25.7 Å². The zero-order valence-corrected chi connectivity index (χ0v) is 10.4. The minimum absolute atomic E-state index is 1.14. The average molecular weight is 212 g/mol. The van der Waals surface area contributed by atoms with E-state index >= 15 is 0 Å². The predicted octanol–water partition coefficient (Wildman–Crippen LogP) is 4.72. The SMILES string of the molecule is C1CCCC(PC2CCCC2)CCC1. The summed E-state index contributed by atoms with van der Waals surface area (Å²) in [6.07, 6.45) is 16.9. The Morgan fingerprint density at radius 3 is 1.36 bits per heavy atom. The third-order valence-electron chi connectivity index (χ3n) is 3.93. The molecule has 0 heterocycles. The van der Waals surface area contributed by atoms with Gasteiger partial charge in [0, 0.05) is 0 Å². The summed E-state index contributed by atoms with van der Waals surface area (Å²) >= 11 is 0. The summed E-state index contributed by atoms with van der Waals surface area (Å²) in [5, 5.41) is 0. The van der Waals surface area contributed by atoms with Crippen LogP contribution < -0.4 is 0 Å². The van der Waals surface area contributed by atoms with Crippen LogP contribution in [0, 0.1) is 0 Å². The van der Waals surface area contributed by atoms with Gasteiger partial charge in [-0.3, -0.25) is 0 Å². The summed E-state index contributed by atoms with van der Waals surface area (Å²) in [4.78, 5) is 0. The molecule has 0 aromatic carbocycles. The highest BCUT2D eigenvalue weighted by Crippen LogP contribution is 2.41. The second kappa shape index (κ2) is 6.11. The molecule has 2 fully saturated rings. The van der Waals surface area contributed by atoms with Gasteiger partial charge in [0.15, 0.2) is 0 Å². The maximum Gasteiger partial charge on any atom is -0.0234 e. The van der Waals surface area contributed by atoms with Gasteiger partial charge in [0.25, 0.3) is 0 Å². The lowest BCUT2D eigenvalue weighted by molar-refractivity contribution is 0.509. The van der Waals surface area contributed by atoms with E-state index in [9.17, 15) is 0 Å². The van der Waals surface area contributed by atoms with E-state index in [1.807, 2.05) is 0 Å². The van der Waals surface area contributed by atoms with Gasteiger partial charge >= 0.3 is 0 Å². The van der Waals surface area contributed by atoms with E-state index in [2.05, 4.69) is 0 Å². The highest BCUT2D eigenvalue weighted by Gasteiger charge is 2.20. The van der Waals surface area contributed by atoms with Crippen LogP contribution in [0.2, 0.25) is 0 Å². The first-order valence-corrected chi connectivity index (χ1v) is 7.87. The molecule has 2 rings (SSSR count). The third kappa shape index (κ3) is 3.54. The molecule has 0 nitrogen and oxygen atoms in total. The van der Waals surface area contributed by atoms with Gasteiger partial charge in [-0.05, 0) is 37.0 Å². The maximum atomic E-state index is 1.56. The molecule has 2 aliphatic carbocycles. The third-order valence-corrected chi connectivity index (χ3v) is 6.03. The molecule has 1 unspecified atom stereocenters. The second-order valence-corrected chi connectivity index (χ2v) is 7.16. The van der Waals surface area contributed by atoms with Crippen molar-refractivity contribution in [3.05, 3.63) is 0 Å². The van der Waals surface area contributed by atoms with Crippen molar-refractivity contribution in [1.29, 1.82) is 0 Å². The van der Waals surface area contributed by atoms with E-state index < -0.39 is 0 Å². The summed E-state index contributed by atoms with van der Waals surface area (Å²) in [6.45, 7) is 0. The van der Waals surface area contributed by atoms with Crippen LogP contribution in [0.1, 0.15) is 70.6 Å². The van der Waals surface area contributed by atoms with Crippen molar-refractivity contribution in [2.45, 2.75) is 81.9 Å². The minimum Gasteiger partial charge on any atom is -0.116 e. The summed E-state index contributed by atoms with van der Waals surface area (Å²) in [5.41, 5.74) is 2.29. The standard InChI is InChI=1S/C13H25P/c1-2-4-8-12(9-5-3-1)14-13-10-6-7-11-13/h12-14H,1-11H2. The minimum atomic E-state index is 1.14. The lowest BCUT2D eigenvalue weighted by Gasteiger charge is -2.22. The van der Waals surface area contributed by atoms with E-state index in [0.717, 1.165) is 11.3 Å². The van der Waals surface area contributed by atoms with Crippen LogP contribution in [0.3, 0.4) is 0 Å². The maximum absolute atomic E-state index is 1.56. The predicted molar refractivity (Wildman–Crippen MR) is 66.7 cm³/mol. The quantitative estimate of drug-likeness (QED) is 0.581. The van der Waals surface area contributed by atoms with Crippen molar-refractivity contribution in [1.82, 2.24) is 0 Å². The molecule has 82 valence electrons. The Labute approximate surface area is 91.0 Å². The van der Waals surface area contributed by atoms with E-state index in [0.29, 0.717) is 0 Å². The van der Waals surface area contributed by atoms with Gasteiger partial charge in [-0.1, -0.05) is 44.9 Å². The molecule has 0 spiro atoms. The van der Waals surface area contributed by atoms with Crippen LogP contribution in [0.15, 0.2) is 0 Å². The topological polar surface area (TPSA) is 0 Å². The molecule has 0 radical (unpaired) electrons. The summed E-state index contributed by atoms with van der Waals surface area (Å²) < 4.78 is 0. The van der Waals surface area contributed by atoms with Crippen LogP contribution in [-0.4, -0.2) is 11.3 Å².